The van der Waals surface area contributed by atoms with Gasteiger partial charge in [0.25, 0.3) is 0 Å². The van der Waals surface area contributed by atoms with E-state index in [-0.39, 0.29) is 0 Å². The van der Waals surface area contributed by atoms with Gasteiger partial charge in [0.05, 0.1) is 6.26 Å². The van der Waals surface area contributed by atoms with Crippen LogP contribution in [0.3, 0.4) is 0 Å². The third-order valence-corrected chi connectivity index (χ3v) is 3.56. The van der Waals surface area contributed by atoms with Gasteiger partial charge in [0.1, 0.15) is 5.76 Å². The topological polar surface area (TPSA) is 49.6 Å². The Bertz CT molecular complexity index is 409. The molecule has 0 aliphatic heterocycles. The first-order valence-corrected chi connectivity index (χ1v) is 6.91. The summed E-state index contributed by atoms with van der Waals surface area (Å²) in [6, 6.07) is 5.19. The zero-order valence-electron chi connectivity index (χ0n) is 10.9. The van der Waals surface area contributed by atoms with E-state index in [0.717, 1.165) is 30.6 Å². The lowest BCUT2D eigenvalue weighted by Crippen LogP contribution is -2.40. The van der Waals surface area contributed by atoms with Gasteiger partial charge in [-0.15, -0.1) is 0 Å². The predicted molar refractivity (Wildman–Crippen MR) is 71.6 cm³/mol. The van der Waals surface area contributed by atoms with Crippen LogP contribution in [0.1, 0.15) is 31.9 Å². The van der Waals surface area contributed by atoms with E-state index < -0.39 is 0 Å². The molecule has 0 radical (unpaired) electrons. The fourth-order valence-corrected chi connectivity index (χ4v) is 1.99. The minimum Gasteiger partial charge on any atom is -0.469 e. The molecule has 2 saturated carbocycles. The Morgan fingerprint density at radius 2 is 2.28 bits per heavy atom. The maximum absolute atomic E-state index is 5.31. The van der Waals surface area contributed by atoms with Gasteiger partial charge in [-0.25, -0.2) is 0 Å². The standard InChI is InChI=1S/C14H21N3O/c1-10-9-13(10)17-14(16-11-4-5-11)15-7-6-12-3-2-8-18-12/h2-3,8,10-11,13H,4-7,9H2,1H3,(H2,15,16,17). The van der Waals surface area contributed by atoms with E-state index >= 15 is 0 Å². The lowest BCUT2D eigenvalue weighted by atomic mass is 10.3. The highest BCUT2D eigenvalue weighted by Crippen LogP contribution is 2.29. The molecular weight excluding hydrogens is 226 g/mol. The molecule has 2 atom stereocenters. The lowest BCUT2D eigenvalue weighted by Gasteiger charge is -2.11. The van der Waals surface area contributed by atoms with E-state index in [1.807, 2.05) is 12.1 Å². The maximum Gasteiger partial charge on any atom is 0.191 e. The number of aliphatic imine (C=N–C) groups is 1. The maximum atomic E-state index is 5.31. The van der Waals surface area contributed by atoms with Crippen molar-refractivity contribution in [1.29, 1.82) is 0 Å². The van der Waals surface area contributed by atoms with Crippen molar-refractivity contribution in [3.63, 3.8) is 0 Å². The van der Waals surface area contributed by atoms with Crippen molar-refractivity contribution in [1.82, 2.24) is 10.6 Å². The van der Waals surface area contributed by atoms with Crippen LogP contribution in [0.5, 0.6) is 0 Å². The van der Waals surface area contributed by atoms with Gasteiger partial charge >= 0.3 is 0 Å². The molecule has 1 heterocycles. The number of furan rings is 1. The molecular formula is C14H21N3O. The van der Waals surface area contributed by atoms with Crippen molar-refractivity contribution in [3.8, 4) is 0 Å². The first kappa shape index (κ1) is 11.6. The Morgan fingerprint density at radius 3 is 2.89 bits per heavy atom. The quantitative estimate of drug-likeness (QED) is 0.617. The van der Waals surface area contributed by atoms with Crippen LogP contribution < -0.4 is 10.6 Å². The Labute approximate surface area is 108 Å². The summed E-state index contributed by atoms with van der Waals surface area (Å²) in [5.41, 5.74) is 0. The molecule has 2 aliphatic carbocycles. The van der Waals surface area contributed by atoms with Crippen molar-refractivity contribution in [2.75, 3.05) is 6.54 Å². The predicted octanol–water partition coefficient (Wildman–Crippen LogP) is 1.93. The number of nitrogens with zero attached hydrogens (tertiary/aromatic N) is 1. The van der Waals surface area contributed by atoms with E-state index in [0.29, 0.717) is 12.1 Å². The highest BCUT2D eigenvalue weighted by molar-refractivity contribution is 5.81. The van der Waals surface area contributed by atoms with Gasteiger partial charge in [0, 0.05) is 25.0 Å². The van der Waals surface area contributed by atoms with E-state index in [9.17, 15) is 0 Å². The lowest BCUT2D eigenvalue weighted by molar-refractivity contribution is 0.510. The second-order valence-electron chi connectivity index (χ2n) is 5.44. The molecule has 2 fully saturated rings. The molecule has 2 N–H and O–H groups in total. The van der Waals surface area contributed by atoms with Gasteiger partial charge < -0.3 is 15.1 Å². The largest absolute Gasteiger partial charge is 0.469 e. The van der Waals surface area contributed by atoms with E-state index in [2.05, 4.69) is 22.5 Å². The second-order valence-corrected chi connectivity index (χ2v) is 5.44. The Balaban J connectivity index is 1.49. The summed E-state index contributed by atoms with van der Waals surface area (Å²) in [7, 11) is 0. The first-order valence-electron chi connectivity index (χ1n) is 6.91. The molecule has 3 rings (SSSR count). The Morgan fingerprint density at radius 1 is 1.44 bits per heavy atom. The molecule has 2 unspecified atom stereocenters. The van der Waals surface area contributed by atoms with Crippen molar-refractivity contribution < 1.29 is 4.42 Å². The minimum absolute atomic E-state index is 0.624. The van der Waals surface area contributed by atoms with Crippen LogP contribution >= 0.6 is 0 Å². The fraction of sp³-hybridized carbons (Fsp3) is 0.643. The van der Waals surface area contributed by atoms with Gasteiger partial charge in [-0.05, 0) is 37.3 Å². The van der Waals surface area contributed by atoms with Crippen LogP contribution in [0.2, 0.25) is 0 Å². The number of rotatable bonds is 5. The van der Waals surface area contributed by atoms with E-state index in [4.69, 9.17) is 4.42 Å². The molecule has 0 amide bonds. The average Bonchev–Trinajstić information content (AvgIpc) is 3.22. The van der Waals surface area contributed by atoms with Crippen molar-refractivity contribution in [2.24, 2.45) is 10.9 Å². The normalized spacial score (nSPS) is 27.1. The third-order valence-electron chi connectivity index (χ3n) is 3.56. The van der Waals surface area contributed by atoms with Crippen molar-refractivity contribution in [3.05, 3.63) is 24.2 Å². The Kier molecular flexibility index (Phi) is 3.26. The van der Waals surface area contributed by atoms with Crippen LogP contribution in [0.4, 0.5) is 0 Å². The molecule has 1 aromatic rings. The summed E-state index contributed by atoms with van der Waals surface area (Å²) in [5, 5.41) is 6.97. The molecule has 4 heteroatoms. The molecule has 0 saturated heterocycles. The van der Waals surface area contributed by atoms with Gasteiger partial charge in [-0.3, -0.25) is 4.99 Å². The molecule has 98 valence electrons. The highest BCUT2D eigenvalue weighted by atomic mass is 16.3. The summed E-state index contributed by atoms with van der Waals surface area (Å²) in [5.74, 6) is 2.78. The van der Waals surface area contributed by atoms with Crippen LogP contribution in [0.25, 0.3) is 0 Å². The summed E-state index contributed by atoms with van der Waals surface area (Å²) in [4.78, 5) is 4.63. The molecule has 0 spiro atoms. The highest BCUT2D eigenvalue weighted by Gasteiger charge is 2.34. The van der Waals surface area contributed by atoms with E-state index in [1.165, 1.54) is 19.3 Å². The van der Waals surface area contributed by atoms with Gasteiger partial charge in [0.2, 0.25) is 0 Å². The summed E-state index contributed by atoms with van der Waals surface area (Å²) in [6.45, 7) is 3.05. The number of guanidine groups is 1. The summed E-state index contributed by atoms with van der Waals surface area (Å²) >= 11 is 0. The van der Waals surface area contributed by atoms with Crippen LogP contribution in [0, 0.1) is 5.92 Å². The fourth-order valence-electron chi connectivity index (χ4n) is 1.99. The van der Waals surface area contributed by atoms with Gasteiger partial charge in [0.15, 0.2) is 5.96 Å². The molecule has 0 aromatic carbocycles. The SMILES string of the molecule is CC1CC1NC(=NCCc1ccco1)NC1CC1. The zero-order valence-corrected chi connectivity index (χ0v) is 10.9. The second kappa shape index (κ2) is 5.04. The van der Waals surface area contributed by atoms with Crippen molar-refractivity contribution >= 4 is 5.96 Å². The van der Waals surface area contributed by atoms with Gasteiger partial charge in [-0.1, -0.05) is 6.92 Å². The summed E-state index contributed by atoms with van der Waals surface area (Å²) in [6.07, 6.45) is 6.40. The molecule has 2 aliphatic rings. The Hall–Kier alpha value is -1.45. The minimum atomic E-state index is 0.624. The monoisotopic (exact) mass is 247 g/mol. The molecule has 18 heavy (non-hydrogen) atoms. The number of hydrogen-bond donors (Lipinski definition) is 2. The van der Waals surface area contributed by atoms with Crippen LogP contribution in [-0.2, 0) is 6.42 Å². The molecule has 0 bridgehead atoms. The van der Waals surface area contributed by atoms with Crippen molar-refractivity contribution in [2.45, 2.75) is 44.7 Å². The van der Waals surface area contributed by atoms with Crippen LogP contribution in [-0.4, -0.2) is 24.6 Å². The van der Waals surface area contributed by atoms with E-state index in [1.54, 1.807) is 6.26 Å². The number of hydrogen-bond acceptors (Lipinski definition) is 2. The summed E-state index contributed by atoms with van der Waals surface area (Å²) < 4.78 is 5.31. The number of nitrogens with one attached hydrogen (secondary N) is 2. The third kappa shape index (κ3) is 3.28. The smallest absolute Gasteiger partial charge is 0.191 e. The zero-order chi connectivity index (χ0) is 12.4. The van der Waals surface area contributed by atoms with Gasteiger partial charge in [-0.2, -0.15) is 0 Å². The molecule has 4 nitrogen and oxygen atoms in total. The molecule has 1 aromatic heterocycles. The van der Waals surface area contributed by atoms with Crippen LogP contribution in [0.15, 0.2) is 27.8 Å². The first-order chi connectivity index (χ1) is 8.81. The average molecular weight is 247 g/mol.